The molecule has 0 saturated heterocycles. The van der Waals surface area contributed by atoms with Crippen LogP contribution < -0.4 is 4.72 Å². The molecule has 1 unspecified atom stereocenters. The van der Waals surface area contributed by atoms with Gasteiger partial charge in [0.1, 0.15) is 11.6 Å². The van der Waals surface area contributed by atoms with Gasteiger partial charge in [-0.2, -0.15) is 14.0 Å². The van der Waals surface area contributed by atoms with Crippen LogP contribution in [-0.2, 0) is 21.7 Å². The van der Waals surface area contributed by atoms with Gasteiger partial charge in [0, 0.05) is 35.0 Å². The van der Waals surface area contributed by atoms with E-state index in [0.29, 0.717) is 4.47 Å². The van der Waals surface area contributed by atoms with E-state index in [1.165, 1.54) is 41.9 Å². The molecule has 25 heavy (non-hydrogen) atoms. The number of thiocyanates is 1. The summed E-state index contributed by atoms with van der Waals surface area (Å²) in [5, 5.41) is 20.6. The zero-order valence-electron chi connectivity index (χ0n) is 13.3. The summed E-state index contributed by atoms with van der Waals surface area (Å²) in [6.45, 7) is 0.961. The Morgan fingerprint density at radius 2 is 2.12 bits per heavy atom. The van der Waals surface area contributed by atoms with Gasteiger partial charge >= 0.3 is 11.3 Å². The van der Waals surface area contributed by atoms with Crippen LogP contribution >= 0.6 is 27.3 Å². The molecule has 11 heteroatoms. The van der Waals surface area contributed by atoms with Crippen LogP contribution in [0.2, 0.25) is 0 Å². The number of hydrogen-bond acceptors (Lipinski definition) is 7. The van der Waals surface area contributed by atoms with E-state index in [9.17, 15) is 9.35 Å². The number of Topliss-reactive ketones (excluding diaryl/α,β-unsaturated/α-hetero) is 1. The lowest BCUT2D eigenvalue weighted by Gasteiger charge is -2.34. The van der Waals surface area contributed by atoms with Gasteiger partial charge in [0.25, 0.3) is 0 Å². The topological polar surface area (TPSA) is 103 Å². The molecule has 1 rings (SSSR count). The minimum absolute atomic E-state index is 0.0246. The lowest BCUT2D eigenvalue weighted by Crippen LogP contribution is -2.59. The van der Waals surface area contributed by atoms with Crippen molar-refractivity contribution in [1.82, 2.24) is 9.62 Å². The molecule has 1 N–H and O–H groups in total. The third-order valence-corrected chi connectivity index (χ3v) is 5.78. The first-order valence-corrected chi connectivity index (χ1v) is 9.36. The van der Waals surface area contributed by atoms with Crippen LogP contribution in [0.15, 0.2) is 27.7 Å². The highest BCUT2D eigenvalue weighted by Gasteiger charge is 2.61. The number of allylic oxidation sites excluding steroid dienone is 1. The Balaban J connectivity index is 3.49. The van der Waals surface area contributed by atoms with Crippen molar-refractivity contribution in [2.75, 3.05) is 14.1 Å². The summed E-state index contributed by atoms with van der Waals surface area (Å²) in [6, 6.07) is 2.78. The Bertz CT molecular complexity index is 770. The van der Waals surface area contributed by atoms with Gasteiger partial charge < -0.3 is 9.45 Å². The number of halogens is 3. The molecule has 2 atom stereocenters. The number of carbonyl (C=O) groups is 1. The van der Waals surface area contributed by atoms with Crippen molar-refractivity contribution >= 4 is 44.4 Å². The van der Waals surface area contributed by atoms with E-state index in [1.807, 2.05) is 4.72 Å². The van der Waals surface area contributed by atoms with Crippen molar-refractivity contribution in [2.45, 2.75) is 18.4 Å². The van der Waals surface area contributed by atoms with E-state index in [0.717, 1.165) is 24.5 Å². The van der Waals surface area contributed by atoms with E-state index in [1.54, 1.807) is 0 Å². The average molecular weight is 451 g/mol. The Kier molecular flexibility index (Phi) is 7.11. The first-order chi connectivity index (χ1) is 11.5. The van der Waals surface area contributed by atoms with Crippen molar-refractivity contribution in [3.8, 4) is 11.5 Å². The molecule has 0 aliphatic heterocycles. The van der Waals surface area contributed by atoms with Crippen LogP contribution in [0.5, 0.6) is 0 Å². The van der Waals surface area contributed by atoms with Crippen molar-refractivity contribution in [3.63, 3.8) is 0 Å². The monoisotopic (exact) mass is 450 g/mol. The Morgan fingerprint density at radius 3 is 2.52 bits per heavy atom. The molecule has 0 amide bonds. The lowest BCUT2D eigenvalue weighted by atomic mass is 9.87. The molecule has 0 bridgehead atoms. The van der Waals surface area contributed by atoms with Gasteiger partial charge in [-0.25, -0.2) is 0 Å². The minimum Gasteiger partial charge on any atom is -0.583 e. The molecule has 0 aromatic carbocycles. The van der Waals surface area contributed by atoms with Gasteiger partial charge in [-0.1, -0.05) is 0 Å². The summed E-state index contributed by atoms with van der Waals surface area (Å²) in [5.41, 5.74) is -3.22. The number of thiophene rings is 1. The van der Waals surface area contributed by atoms with Crippen LogP contribution in [0.25, 0.3) is 0 Å². The summed E-state index contributed by atoms with van der Waals surface area (Å²) >= 11 is 1.54. The molecular weight excluding hydrogens is 438 g/mol. The average Bonchev–Trinajstić information content (AvgIpc) is 2.98. The first kappa shape index (κ1) is 21.5. The van der Waals surface area contributed by atoms with E-state index in [2.05, 4.69) is 15.9 Å². The van der Waals surface area contributed by atoms with Crippen molar-refractivity contribution < 1.29 is 18.1 Å². The number of nitriles is 2. The number of nitrogens with zero attached hydrogens (tertiary/aromatic N) is 3. The smallest absolute Gasteiger partial charge is 0.340 e. The summed E-state index contributed by atoms with van der Waals surface area (Å²) in [7, 11) is 2.95. The number of carbonyl (C=O) groups excluding carboxylic acids is 1. The zero-order valence-corrected chi connectivity index (χ0v) is 16.6. The molecule has 0 saturated carbocycles. The highest BCUT2D eigenvalue weighted by atomic mass is 79.9. The molecule has 0 aliphatic carbocycles. The van der Waals surface area contributed by atoms with Crippen LogP contribution in [0.3, 0.4) is 0 Å². The summed E-state index contributed by atoms with van der Waals surface area (Å²) < 4.78 is 44.2. The van der Waals surface area contributed by atoms with Gasteiger partial charge in [0.05, 0.1) is 0 Å². The Labute approximate surface area is 159 Å². The van der Waals surface area contributed by atoms with E-state index in [-0.39, 0.29) is 4.88 Å². The minimum atomic E-state index is -4.15. The summed E-state index contributed by atoms with van der Waals surface area (Å²) in [5.74, 6) is -5.89. The zero-order chi connectivity index (χ0) is 19.4. The lowest BCUT2D eigenvalue weighted by molar-refractivity contribution is -0.150. The van der Waals surface area contributed by atoms with Gasteiger partial charge in [-0.05, 0) is 28.9 Å². The second-order valence-corrected chi connectivity index (χ2v) is 7.99. The summed E-state index contributed by atoms with van der Waals surface area (Å²) in [6.07, 6.45) is 0.974. The SMILES string of the molecule is CN(C)C=C(C#N)C(=O)C(F)(F)[C@](C)(N[S+]([O-])C#N)c1cc(Br)cs1. The Morgan fingerprint density at radius 1 is 1.52 bits per heavy atom. The Hall–Kier alpha value is -1.50. The molecule has 1 heterocycles. The maximum Gasteiger partial charge on any atom is 0.340 e. The molecule has 1 aromatic heterocycles. The number of hydrogen-bond donors (Lipinski definition) is 1. The second-order valence-electron chi connectivity index (χ2n) is 5.24. The molecule has 0 radical (unpaired) electrons. The predicted molar refractivity (Wildman–Crippen MR) is 93.6 cm³/mol. The van der Waals surface area contributed by atoms with Gasteiger partial charge in [-0.15, -0.1) is 21.3 Å². The number of rotatable bonds is 7. The van der Waals surface area contributed by atoms with Crippen molar-refractivity contribution in [3.05, 3.63) is 32.6 Å². The number of ketones is 1. The second kappa shape index (κ2) is 8.25. The first-order valence-electron chi connectivity index (χ1n) is 6.54. The van der Waals surface area contributed by atoms with Crippen LogP contribution in [0.4, 0.5) is 8.78 Å². The van der Waals surface area contributed by atoms with Crippen LogP contribution in [0, 0.1) is 22.0 Å². The summed E-state index contributed by atoms with van der Waals surface area (Å²) in [4.78, 5) is 13.6. The van der Waals surface area contributed by atoms with Gasteiger partial charge in [0.15, 0.2) is 16.9 Å². The van der Waals surface area contributed by atoms with Crippen LogP contribution in [-0.4, -0.2) is 35.3 Å². The fraction of sp³-hybridized carbons (Fsp3) is 0.357. The van der Waals surface area contributed by atoms with Gasteiger partial charge in [-0.3, -0.25) is 4.79 Å². The number of alkyl halides is 2. The third-order valence-electron chi connectivity index (χ3n) is 3.11. The molecule has 134 valence electrons. The highest BCUT2D eigenvalue weighted by Crippen LogP contribution is 2.43. The molecular formula is C14H13BrF2N4O2S2. The maximum absolute atomic E-state index is 15.1. The van der Waals surface area contributed by atoms with Crippen molar-refractivity contribution in [1.29, 1.82) is 10.5 Å². The molecule has 0 fully saturated rings. The largest absolute Gasteiger partial charge is 0.583 e. The predicted octanol–water partition coefficient (Wildman–Crippen LogP) is 2.63. The molecule has 6 nitrogen and oxygen atoms in total. The number of nitrogens with one attached hydrogen (secondary N) is 1. The van der Waals surface area contributed by atoms with Crippen LogP contribution in [0.1, 0.15) is 11.8 Å². The van der Waals surface area contributed by atoms with E-state index >= 15 is 8.78 Å². The fourth-order valence-corrected chi connectivity index (χ4v) is 4.14. The molecule has 0 aliphatic rings. The molecule has 1 aromatic rings. The van der Waals surface area contributed by atoms with E-state index < -0.39 is 34.2 Å². The van der Waals surface area contributed by atoms with E-state index in [4.69, 9.17) is 10.5 Å². The fourth-order valence-electron chi connectivity index (χ4n) is 1.85. The normalized spacial score (nSPS) is 15.6. The maximum atomic E-state index is 15.1. The third kappa shape index (κ3) is 4.57. The highest BCUT2D eigenvalue weighted by molar-refractivity contribution is 9.10. The van der Waals surface area contributed by atoms with Crippen molar-refractivity contribution in [2.24, 2.45) is 0 Å². The van der Waals surface area contributed by atoms with Gasteiger partial charge in [0.2, 0.25) is 5.78 Å². The molecule has 0 spiro atoms. The quantitative estimate of drug-likeness (QED) is 0.296. The standard InChI is InChI=1S/C14H13BrF2N4O2S2/c1-13(20-25(23)8-19,11-4-10(15)7-24-11)14(16,17)12(22)9(5-18)6-21(2)3/h4,6-7,20H,1-3H3/t13-,25?/m1/s1.